The predicted molar refractivity (Wildman–Crippen MR) is 93.0 cm³/mol. The van der Waals surface area contributed by atoms with Crippen LogP contribution in [-0.4, -0.2) is 34.7 Å². The van der Waals surface area contributed by atoms with Crippen molar-refractivity contribution in [2.45, 2.75) is 12.8 Å². The zero-order valence-electron chi connectivity index (χ0n) is 13.6. The van der Waals surface area contributed by atoms with Crippen LogP contribution in [0.5, 0.6) is 0 Å². The van der Waals surface area contributed by atoms with Crippen molar-refractivity contribution in [1.29, 1.82) is 0 Å². The van der Waals surface area contributed by atoms with Gasteiger partial charge in [0.15, 0.2) is 0 Å². The molecule has 7 heteroatoms. The Morgan fingerprint density at radius 2 is 1.76 bits per heavy atom. The fraction of sp³-hybridized carbons (Fsp3) is 0.222. The minimum absolute atomic E-state index is 0.0372. The van der Waals surface area contributed by atoms with Crippen molar-refractivity contribution in [3.63, 3.8) is 0 Å². The molecule has 2 aromatic rings. The van der Waals surface area contributed by atoms with Crippen molar-refractivity contribution in [2.24, 2.45) is 5.73 Å². The van der Waals surface area contributed by atoms with Gasteiger partial charge in [-0.25, -0.2) is 0 Å². The third-order valence-corrected chi connectivity index (χ3v) is 3.73. The average Bonchev–Trinajstić information content (AvgIpc) is 2.62. The van der Waals surface area contributed by atoms with Gasteiger partial charge in [-0.3, -0.25) is 19.7 Å². The predicted octanol–water partition coefficient (Wildman–Crippen LogP) is 2.16. The summed E-state index contributed by atoms with van der Waals surface area (Å²) in [6.45, 7) is 0.558. The molecule has 2 aromatic carbocycles. The molecule has 2 amide bonds. The second kappa shape index (κ2) is 8.58. The van der Waals surface area contributed by atoms with E-state index in [-0.39, 0.29) is 30.1 Å². The van der Waals surface area contributed by atoms with Crippen molar-refractivity contribution >= 4 is 17.5 Å². The van der Waals surface area contributed by atoms with E-state index in [1.807, 2.05) is 30.3 Å². The first-order valence-electron chi connectivity index (χ1n) is 7.83. The molecule has 0 aliphatic heterocycles. The van der Waals surface area contributed by atoms with Gasteiger partial charge in [-0.2, -0.15) is 0 Å². The number of non-ortho nitro benzene ring substituents is 1. The number of benzene rings is 2. The quantitative estimate of drug-likeness (QED) is 0.586. The zero-order valence-corrected chi connectivity index (χ0v) is 13.6. The maximum atomic E-state index is 12.7. The minimum atomic E-state index is -0.547. The van der Waals surface area contributed by atoms with Crippen molar-refractivity contribution in [1.82, 2.24) is 4.90 Å². The number of nitrogens with zero attached hydrogens (tertiary/aromatic N) is 2. The molecule has 0 aliphatic rings. The highest BCUT2D eigenvalue weighted by Gasteiger charge is 2.18. The molecule has 0 aromatic heterocycles. The van der Waals surface area contributed by atoms with Gasteiger partial charge in [0.1, 0.15) is 0 Å². The number of nitrogens with two attached hydrogens (primary N) is 1. The second-order valence-electron chi connectivity index (χ2n) is 5.55. The highest BCUT2D eigenvalue weighted by Crippen LogP contribution is 2.15. The summed E-state index contributed by atoms with van der Waals surface area (Å²) < 4.78 is 0. The molecule has 0 atom stereocenters. The van der Waals surface area contributed by atoms with Crippen molar-refractivity contribution in [3.8, 4) is 0 Å². The third kappa shape index (κ3) is 5.42. The van der Waals surface area contributed by atoms with E-state index < -0.39 is 10.8 Å². The molecule has 2 rings (SSSR count). The van der Waals surface area contributed by atoms with Crippen LogP contribution >= 0.6 is 0 Å². The average molecular weight is 341 g/mol. The summed E-state index contributed by atoms with van der Waals surface area (Å²) in [5, 5.41) is 10.9. The lowest BCUT2D eigenvalue weighted by Crippen LogP contribution is -2.35. The highest BCUT2D eigenvalue weighted by molar-refractivity contribution is 5.95. The summed E-state index contributed by atoms with van der Waals surface area (Å²) >= 11 is 0. The van der Waals surface area contributed by atoms with Gasteiger partial charge in [-0.05, 0) is 18.1 Å². The summed E-state index contributed by atoms with van der Waals surface area (Å²) in [6, 6.07) is 15.2. The molecule has 0 heterocycles. The number of primary amides is 1. The monoisotopic (exact) mass is 341 g/mol. The van der Waals surface area contributed by atoms with E-state index in [1.54, 1.807) is 0 Å². The van der Waals surface area contributed by atoms with Crippen LogP contribution in [-0.2, 0) is 11.2 Å². The Bertz CT molecular complexity index is 762. The Balaban J connectivity index is 2.15. The molecule has 0 aliphatic carbocycles. The summed E-state index contributed by atoms with van der Waals surface area (Å²) in [4.78, 5) is 35.6. The Kier molecular flexibility index (Phi) is 6.22. The fourth-order valence-electron chi connectivity index (χ4n) is 2.40. The summed E-state index contributed by atoms with van der Waals surface area (Å²) in [5.74, 6) is -0.863. The first kappa shape index (κ1) is 18.1. The van der Waals surface area contributed by atoms with Gasteiger partial charge in [-0.15, -0.1) is 0 Å². The van der Waals surface area contributed by atoms with Crippen LogP contribution in [0.2, 0.25) is 0 Å². The Morgan fingerprint density at radius 3 is 2.40 bits per heavy atom. The van der Waals surface area contributed by atoms with E-state index in [4.69, 9.17) is 5.73 Å². The molecule has 0 spiro atoms. The first-order valence-corrected chi connectivity index (χ1v) is 7.83. The van der Waals surface area contributed by atoms with E-state index >= 15 is 0 Å². The second-order valence-corrected chi connectivity index (χ2v) is 5.55. The number of amides is 2. The van der Waals surface area contributed by atoms with Gasteiger partial charge in [0.2, 0.25) is 5.91 Å². The smallest absolute Gasteiger partial charge is 0.270 e. The minimum Gasteiger partial charge on any atom is -0.370 e. The SMILES string of the molecule is NC(=O)CCN(CCc1ccccc1)C(=O)c1cccc([N+](=O)[O-])c1. The number of hydrogen-bond acceptors (Lipinski definition) is 4. The van der Waals surface area contributed by atoms with Crippen LogP contribution in [0.3, 0.4) is 0 Å². The lowest BCUT2D eigenvalue weighted by Gasteiger charge is -2.22. The van der Waals surface area contributed by atoms with Crippen LogP contribution in [0.1, 0.15) is 22.3 Å². The van der Waals surface area contributed by atoms with E-state index in [2.05, 4.69) is 0 Å². The zero-order chi connectivity index (χ0) is 18.2. The van der Waals surface area contributed by atoms with E-state index in [0.29, 0.717) is 13.0 Å². The maximum absolute atomic E-state index is 12.7. The topological polar surface area (TPSA) is 107 Å². The Labute approximate surface area is 145 Å². The Morgan fingerprint density at radius 1 is 1.04 bits per heavy atom. The van der Waals surface area contributed by atoms with Crippen molar-refractivity contribution in [3.05, 3.63) is 75.8 Å². The molecule has 0 saturated carbocycles. The van der Waals surface area contributed by atoms with Crippen LogP contribution in [0.15, 0.2) is 54.6 Å². The van der Waals surface area contributed by atoms with Gasteiger partial charge < -0.3 is 10.6 Å². The number of carbonyl (C=O) groups is 2. The summed E-state index contributed by atoms with van der Waals surface area (Å²) in [5.41, 5.74) is 6.30. The van der Waals surface area contributed by atoms with E-state index in [0.717, 1.165) is 5.56 Å². The third-order valence-electron chi connectivity index (χ3n) is 3.73. The van der Waals surface area contributed by atoms with Gasteiger partial charge in [0, 0.05) is 37.2 Å². The van der Waals surface area contributed by atoms with Gasteiger partial charge in [0.25, 0.3) is 11.6 Å². The number of carbonyl (C=O) groups excluding carboxylic acids is 2. The highest BCUT2D eigenvalue weighted by atomic mass is 16.6. The van der Waals surface area contributed by atoms with Crippen molar-refractivity contribution < 1.29 is 14.5 Å². The Hall–Kier alpha value is -3.22. The number of nitro benzene ring substituents is 1. The summed E-state index contributed by atoms with van der Waals surface area (Å²) in [7, 11) is 0. The number of rotatable bonds is 8. The molecule has 0 radical (unpaired) electrons. The van der Waals surface area contributed by atoms with Crippen LogP contribution < -0.4 is 5.73 Å². The molecule has 7 nitrogen and oxygen atoms in total. The molecule has 130 valence electrons. The van der Waals surface area contributed by atoms with Gasteiger partial charge >= 0.3 is 0 Å². The van der Waals surface area contributed by atoms with Gasteiger partial charge in [0.05, 0.1) is 4.92 Å². The largest absolute Gasteiger partial charge is 0.370 e. The molecule has 2 N–H and O–H groups in total. The molecule has 0 bridgehead atoms. The summed E-state index contributed by atoms with van der Waals surface area (Å²) in [6.07, 6.45) is 0.649. The first-order chi connectivity index (χ1) is 12.0. The maximum Gasteiger partial charge on any atom is 0.270 e. The molecular formula is C18H19N3O4. The fourth-order valence-corrected chi connectivity index (χ4v) is 2.40. The van der Waals surface area contributed by atoms with E-state index in [9.17, 15) is 19.7 Å². The number of nitro groups is 1. The van der Waals surface area contributed by atoms with Crippen molar-refractivity contribution in [2.75, 3.05) is 13.1 Å². The number of hydrogen-bond donors (Lipinski definition) is 1. The van der Waals surface area contributed by atoms with Crippen LogP contribution in [0.4, 0.5) is 5.69 Å². The molecule has 0 saturated heterocycles. The standard InChI is InChI=1S/C18H19N3O4/c19-17(22)10-12-20(11-9-14-5-2-1-3-6-14)18(23)15-7-4-8-16(13-15)21(24)25/h1-8,13H,9-12H2,(H2,19,22). The lowest BCUT2D eigenvalue weighted by atomic mass is 10.1. The van der Waals surface area contributed by atoms with E-state index in [1.165, 1.54) is 29.2 Å². The normalized spacial score (nSPS) is 10.2. The molecule has 0 fully saturated rings. The molecule has 25 heavy (non-hydrogen) atoms. The van der Waals surface area contributed by atoms with Crippen LogP contribution in [0.25, 0.3) is 0 Å². The van der Waals surface area contributed by atoms with Crippen LogP contribution in [0, 0.1) is 10.1 Å². The molecular weight excluding hydrogens is 322 g/mol. The van der Waals surface area contributed by atoms with Gasteiger partial charge in [-0.1, -0.05) is 36.4 Å². The molecule has 0 unspecified atom stereocenters. The lowest BCUT2D eigenvalue weighted by molar-refractivity contribution is -0.384.